The van der Waals surface area contributed by atoms with E-state index in [-0.39, 0.29) is 0 Å². The summed E-state index contributed by atoms with van der Waals surface area (Å²) in [5.41, 5.74) is 7.32. The summed E-state index contributed by atoms with van der Waals surface area (Å²) < 4.78 is 1.24. The molecule has 0 bridgehead atoms. The molecule has 2 aromatic carbocycles. The van der Waals surface area contributed by atoms with Gasteiger partial charge in [-0.1, -0.05) is 96.6 Å². The average Bonchev–Trinajstić information content (AvgIpc) is 2.72. The fourth-order valence-corrected chi connectivity index (χ4v) is 3.72. The molecule has 1 nitrogen and oxygen atoms in total. The van der Waals surface area contributed by atoms with Gasteiger partial charge in [-0.3, -0.25) is 4.98 Å². The van der Waals surface area contributed by atoms with Gasteiger partial charge in [-0.15, -0.1) is 0 Å². The Morgan fingerprint density at radius 2 is 1.54 bits per heavy atom. The van der Waals surface area contributed by atoms with E-state index in [4.69, 9.17) is 4.98 Å². The first-order chi connectivity index (χ1) is 12.8. The number of nitrogens with zero attached hydrogens (tertiary/aromatic N) is 1. The number of unbranched alkanes of at least 4 members (excludes halogenated alkanes) is 2. The number of aromatic nitrogens is 1. The number of halogens is 1. The predicted octanol–water partition coefficient (Wildman–Crippen LogP) is 7.13. The molecule has 0 aliphatic rings. The monoisotopic (exact) mass is 455 g/mol. The molecule has 2 heteroatoms. The molecule has 1 aromatic heterocycles. The van der Waals surface area contributed by atoms with Crippen LogP contribution < -0.4 is 0 Å². The molecule has 0 N–H and O–H groups in total. The fraction of sp³-hybridized carbons (Fsp3) is 0.292. The van der Waals surface area contributed by atoms with Gasteiger partial charge >= 0.3 is 0 Å². The Hall–Kier alpha value is -1.68. The summed E-state index contributed by atoms with van der Waals surface area (Å²) in [4.78, 5) is 5.06. The van der Waals surface area contributed by atoms with Gasteiger partial charge in [0.1, 0.15) is 0 Å². The molecule has 1 heterocycles. The summed E-state index contributed by atoms with van der Waals surface area (Å²) in [5.74, 6) is 0. The zero-order chi connectivity index (χ0) is 18.2. The second-order valence-corrected chi connectivity index (χ2v) is 7.69. The molecule has 0 fully saturated rings. The third-order valence-corrected chi connectivity index (χ3v) is 5.50. The predicted molar refractivity (Wildman–Crippen MR) is 121 cm³/mol. The lowest BCUT2D eigenvalue weighted by atomic mass is 9.97. The van der Waals surface area contributed by atoms with Crippen LogP contribution in [-0.2, 0) is 12.8 Å². The van der Waals surface area contributed by atoms with Crippen LogP contribution in [0.15, 0.2) is 66.7 Å². The second-order valence-electron chi connectivity index (χ2n) is 6.61. The van der Waals surface area contributed by atoms with Gasteiger partial charge in [0.25, 0.3) is 0 Å². The Morgan fingerprint density at radius 1 is 0.769 bits per heavy atom. The van der Waals surface area contributed by atoms with Crippen LogP contribution in [0.4, 0.5) is 0 Å². The minimum Gasteiger partial charge on any atom is -0.252 e. The van der Waals surface area contributed by atoms with Crippen molar-refractivity contribution < 1.29 is 0 Å². The zero-order valence-corrected chi connectivity index (χ0v) is 17.6. The summed E-state index contributed by atoms with van der Waals surface area (Å²) in [6, 6.07) is 23.9. The first kappa shape index (κ1) is 19.1. The van der Waals surface area contributed by atoms with E-state index >= 15 is 0 Å². The van der Waals surface area contributed by atoms with E-state index in [9.17, 15) is 0 Å². The molecule has 0 radical (unpaired) electrons. The lowest BCUT2D eigenvalue weighted by Gasteiger charge is -2.12. The zero-order valence-electron chi connectivity index (χ0n) is 15.4. The molecule has 0 aliphatic carbocycles. The van der Waals surface area contributed by atoms with E-state index in [0.717, 1.165) is 18.5 Å². The van der Waals surface area contributed by atoms with E-state index in [1.807, 2.05) is 0 Å². The topological polar surface area (TPSA) is 12.9 Å². The third kappa shape index (κ3) is 4.94. The number of pyridine rings is 1. The molecule has 0 atom stereocenters. The highest BCUT2D eigenvalue weighted by atomic mass is 127. The molecule has 0 unspecified atom stereocenters. The smallest absolute Gasteiger partial charge is 0.0783 e. The van der Waals surface area contributed by atoms with E-state index in [0.29, 0.717) is 0 Å². The highest BCUT2D eigenvalue weighted by molar-refractivity contribution is 14.1. The molecule has 26 heavy (non-hydrogen) atoms. The number of hydrogen-bond donors (Lipinski definition) is 0. The maximum Gasteiger partial charge on any atom is 0.0783 e. The number of benzene rings is 2. The minimum absolute atomic E-state index is 1.06. The van der Waals surface area contributed by atoms with E-state index < -0.39 is 0 Å². The van der Waals surface area contributed by atoms with Crippen molar-refractivity contribution in [2.75, 3.05) is 4.43 Å². The van der Waals surface area contributed by atoms with Crippen molar-refractivity contribution in [3.63, 3.8) is 0 Å². The summed E-state index contributed by atoms with van der Waals surface area (Å²) in [6.45, 7) is 2.19. The van der Waals surface area contributed by atoms with E-state index in [2.05, 4.69) is 96.2 Å². The summed E-state index contributed by atoms with van der Waals surface area (Å²) in [6.07, 6.45) is 5.93. The van der Waals surface area contributed by atoms with Crippen molar-refractivity contribution in [2.45, 2.75) is 39.0 Å². The van der Waals surface area contributed by atoms with Crippen molar-refractivity contribution >= 4 is 22.6 Å². The van der Waals surface area contributed by atoms with Gasteiger partial charge in [-0.05, 0) is 47.3 Å². The van der Waals surface area contributed by atoms with Crippen LogP contribution in [0.3, 0.4) is 0 Å². The highest BCUT2D eigenvalue weighted by Gasteiger charge is 2.10. The summed E-state index contributed by atoms with van der Waals surface area (Å²) in [7, 11) is 0. The van der Waals surface area contributed by atoms with E-state index in [1.165, 1.54) is 51.6 Å². The quantitative estimate of drug-likeness (QED) is 0.200. The van der Waals surface area contributed by atoms with Crippen LogP contribution in [0.2, 0.25) is 0 Å². The molecule has 0 saturated carbocycles. The third-order valence-electron chi connectivity index (χ3n) is 4.74. The number of aryl methyl sites for hydroxylation is 2. The fourth-order valence-electron chi connectivity index (χ4n) is 3.19. The second kappa shape index (κ2) is 9.86. The largest absolute Gasteiger partial charge is 0.252 e. The molecule has 0 amide bonds. The molecular weight excluding hydrogens is 429 g/mol. The number of hydrogen-bond acceptors (Lipinski definition) is 1. The SMILES string of the molecule is CCc1ccc(-c2ccc(CCCCCI)nc2-c2ccccc2)cc1. The maximum atomic E-state index is 5.06. The van der Waals surface area contributed by atoms with Crippen molar-refractivity contribution in [2.24, 2.45) is 0 Å². The van der Waals surface area contributed by atoms with E-state index in [1.54, 1.807) is 0 Å². The van der Waals surface area contributed by atoms with Gasteiger partial charge < -0.3 is 0 Å². The lowest BCUT2D eigenvalue weighted by molar-refractivity contribution is 0.716. The van der Waals surface area contributed by atoms with Gasteiger partial charge in [0.15, 0.2) is 0 Å². The molecule has 0 aliphatic heterocycles. The van der Waals surface area contributed by atoms with Crippen molar-refractivity contribution in [3.05, 3.63) is 78.0 Å². The lowest BCUT2D eigenvalue weighted by Crippen LogP contribution is -1.96. The standard InChI is InChI=1S/C24H26IN/c1-2-19-12-14-20(15-13-19)23-17-16-22(11-7-4-8-18-25)26-24(23)21-9-5-3-6-10-21/h3,5-6,9-10,12-17H,2,4,7-8,11,18H2,1H3. The van der Waals surface area contributed by atoms with Gasteiger partial charge in [0.2, 0.25) is 0 Å². The number of rotatable bonds is 8. The summed E-state index contributed by atoms with van der Waals surface area (Å²) in [5, 5.41) is 0. The normalized spacial score (nSPS) is 10.8. The Kier molecular flexibility index (Phi) is 7.24. The molecule has 134 valence electrons. The molecule has 0 saturated heterocycles. The van der Waals surface area contributed by atoms with Crippen molar-refractivity contribution in [1.29, 1.82) is 0 Å². The van der Waals surface area contributed by atoms with Crippen LogP contribution in [-0.4, -0.2) is 9.41 Å². The minimum atomic E-state index is 1.06. The van der Waals surface area contributed by atoms with Gasteiger partial charge in [-0.25, -0.2) is 0 Å². The first-order valence-corrected chi connectivity index (χ1v) is 11.0. The molecule has 0 spiro atoms. The van der Waals surface area contributed by atoms with Crippen LogP contribution in [0.25, 0.3) is 22.4 Å². The maximum absolute atomic E-state index is 5.06. The van der Waals surface area contributed by atoms with Gasteiger partial charge in [-0.2, -0.15) is 0 Å². The van der Waals surface area contributed by atoms with Crippen LogP contribution in [0, 0.1) is 0 Å². The summed E-state index contributed by atoms with van der Waals surface area (Å²) >= 11 is 2.45. The van der Waals surface area contributed by atoms with Crippen LogP contribution in [0.5, 0.6) is 0 Å². The highest BCUT2D eigenvalue weighted by Crippen LogP contribution is 2.31. The van der Waals surface area contributed by atoms with Gasteiger partial charge in [0, 0.05) is 16.8 Å². The molecular formula is C24H26IN. The Bertz CT molecular complexity index is 809. The van der Waals surface area contributed by atoms with Crippen LogP contribution in [0.1, 0.15) is 37.4 Å². The average molecular weight is 455 g/mol. The van der Waals surface area contributed by atoms with Crippen molar-refractivity contribution in [3.8, 4) is 22.4 Å². The Balaban J connectivity index is 1.94. The van der Waals surface area contributed by atoms with Crippen molar-refractivity contribution in [1.82, 2.24) is 4.98 Å². The van der Waals surface area contributed by atoms with Gasteiger partial charge in [0.05, 0.1) is 5.69 Å². The Morgan fingerprint density at radius 3 is 2.23 bits per heavy atom. The Labute approximate surface area is 171 Å². The molecule has 3 aromatic rings. The number of alkyl halides is 1. The van der Waals surface area contributed by atoms with Crippen LogP contribution >= 0.6 is 22.6 Å². The first-order valence-electron chi connectivity index (χ1n) is 9.52. The molecule has 3 rings (SSSR count).